The number of aromatic nitrogens is 2. The number of phenols is 1. The molecule has 0 bridgehead atoms. The van der Waals surface area contributed by atoms with Gasteiger partial charge in [0.25, 0.3) is 0 Å². The van der Waals surface area contributed by atoms with Gasteiger partial charge in [-0.3, -0.25) is 4.98 Å². The van der Waals surface area contributed by atoms with Crippen molar-refractivity contribution in [1.29, 1.82) is 0 Å². The van der Waals surface area contributed by atoms with Crippen LogP contribution >= 0.6 is 23.3 Å². The van der Waals surface area contributed by atoms with E-state index in [1.54, 1.807) is 17.5 Å². The minimum atomic E-state index is 0.353. The third-order valence-corrected chi connectivity index (χ3v) is 6.96. The maximum Gasteiger partial charge on any atom is 0.194 e. The van der Waals surface area contributed by atoms with Gasteiger partial charge in [0.2, 0.25) is 0 Å². The molecular weight excluding hydrogens is 424 g/mol. The first-order chi connectivity index (χ1) is 15.2. The number of benzene rings is 3. The molecule has 7 heteroatoms. The summed E-state index contributed by atoms with van der Waals surface area (Å²) < 4.78 is 4.51. The average Bonchev–Trinajstić information content (AvgIpc) is 3.23. The Kier molecular flexibility index (Phi) is 5.36. The fourth-order valence-electron chi connectivity index (χ4n) is 3.41. The van der Waals surface area contributed by atoms with Crippen molar-refractivity contribution in [3.05, 3.63) is 84.2 Å². The number of aryl methyl sites for hydroxylation is 1. The molecule has 0 aliphatic rings. The van der Waals surface area contributed by atoms with E-state index in [0.717, 1.165) is 47.8 Å². The maximum absolute atomic E-state index is 10.1. The first-order valence-corrected chi connectivity index (χ1v) is 11.5. The van der Waals surface area contributed by atoms with Crippen LogP contribution in [0, 0.1) is 6.92 Å². The van der Waals surface area contributed by atoms with E-state index in [-0.39, 0.29) is 0 Å². The molecule has 0 saturated heterocycles. The number of fused-ring (bicyclic) bond motifs is 3. The standard InChI is InChI=1S/C24H20N4OS2/c1-15-3-2-4-17(23(15)29)14-26-18-6-8-19(9-7-18)31-28-24-27-22-20-11-12-25-13-16(20)5-10-21(22)30-24/h2-13,26,29H,14H2,1H3,(H,27,28). The molecular formula is C24H20N4OS2. The summed E-state index contributed by atoms with van der Waals surface area (Å²) in [6.45, 7) is 2.48. The van der Waals surface area contributed by atoms with Gasteiger partial charge in [0.15, 0.2) is 5.13 Å². The van der Waals surface area contributed by atoms with Crippen LogP contribution in [0.25, 0.3) is 21.0 Å². The van der Waals surface area contributed by atoms with Crippen LogP contribution in [-0.4, -0.2) is 15.1 Å². The topological polar surface area (TPSA) is 70.1 Å². The number of anilines is 2. The third kappa shape index (κ3) is 4.15. The second-order valence-corrected chi connectivity index (χ2v) is 9.10. The van der Waals surface area contributed by atoms with Crippen LogP contribution in [0.3, 0.4) is 0 Å². The highest BCUT2D eigenvalue weighted by Crippen LogP contribution is 2.33. The second-order valence-electron chi connectivity index (χ2n) is 7.19. The Morgan fingerprint density at radius 3 is 2.77 bits per heavy atom. The summed E-state index contributed by atoms with van der Waals surface area (Å²) in [5.74, 6) is 0.353. The molecule has 3 N–H and O–H groups in total. The lowest BCUT2D eigenvalue weighted by Crippen LogP contribution is -2.00. The predicted octanol–water partition coefficient (Wildman–Crippen LogP) is 6.59. The number of pyridine rings is 1. The van der Waals surface area contributed by atoms with Crippen molar-refractivity contribution in [3.8, 4) is 5.75 Å². The molecule has 5 rings (SSSR count). The number of hydrogen-bond donors (Lipinski definition) is 3. The molecule has 0 atom stereocenters. The number of para-hydroxylation sites is 1. The zero-order valence-electron chi connectivity index (χ0n) is 16.8. The number of hydrogen-bond acceptors (Lipinski definition) is 7. The van der Waals surface area contributed by atoms with E-state index in [1.165, 1.54) is 11.9 Å². The Morgan fingerprint density at radius 1 is 1.03 bits per heavy atom. The summed E-state index contributed by atoms with van der Waals surface area (Å²) in [7, 11) is 0. The van der Waals surface area contributed by atoms with Crippen molar-refractivity contribution in [2.45, 2.75) is 18.4 Å². The van der Waals surface area contributed by atoms with E-state index in [0.29, 0.717) is 12.3 Å². The molecule has 0 aliphatic carbocycles. The number of phenolic OH excluding ortho intramolecular Hbond substituents is 1. The second kappa shape index (κ2) is 8.45. The van der Waals surface area contributed by atoms with Crippen LogP contribution < -0.4 is 10.0 Å². The van der Waals surface area contributed by atoms with Gasteiger partial charge >= 0.3 is 0 Å². The number of rotatable bonds is 6. The van der Waals surface area contributed by atoms with Crippen molar-refractivity contribution in [2.75, 3.05) is 10.0 Å². The van der Waals surface area contributed by atoms with Crippen molar-refractivity contribution < 1.29 is 5.11 Å². The Balaban J connectivity index is 1.24. The molecule has 0 amide bonds. The van der Waals surface area contributed by atoms with Gasteiger partial charge < -0.3 is 15.1 Å². The van der Waals surface area contributed by atoms with Crippen LogP contribution in [0.15, 0.2) is 78.0 Å². The number of thiazole rings is 1. The molecule has 0 radical (unpaired) electrons. The van der Waals surface area contributed by atoms with E-state index >= 15 is 0 Å². The van der Waals surface area contributed by atoms with Gasteiger partial charge in [-0.05, 0) is 60.8 Å². The lowest BCUT2D eigenvalue weighted by atomic mass is 10.1. The van der Waals surface area contributed by atoms with E-state index in [4.69, 9.17) is 4.98 Å². The summed E-state index contributed by atoms with van der Waals surface area (Å²) in [5, 5.41) is 16.6. The van der Waals surface area contributed by atoms with Crippen molar-refractivity contribution in [1.82, 2.24) is 9.97 Å². The normalized spacial score (nSPS) is 11.1. The molecule has 5 nitrogen and oxygen atoms in total. The SMILES string of the molecule is Cc1cccc(CNc2ccc(SNc3nc4c(ccc5cnccc54)s3)cc2)c1O. The number of nitrogens with one attached hydrogen (secondary N) is 2. The Hall–Kier alpha value is -3.29. The molecule has 0 unspecified atom stereocenters. The minimum Gasteiger partial charge on any atom is -0.507 e. The van der Waals surface area contributed by atoms with E-state index in [9.17, 15) is 5.11 Å². The first-order valence-electron chi connectivity index (χ1n) is 9.85. The molecule has 5 aromatic rings. The largest absolute Gasteiger partial charge is 0.507 e. The summed E-state index contributed by atoms with van der Waals surface area (Å²) in [6, 6.07) is 20.2. The van der Waals surface area contributed by atoms with Crippen LogP contribution in [0.1, 0.15) is 11.1 Å². The Bertz CT molecular complexity index is 1370. The van der Waals surface area contributed by atoms with Gasteiger partial charge in [0.1, 0.15) is 5.75 Å². The smallest absolute Gasteiger partial charge is 0.194 e. The molecule has 2 aromatic heterocycles. The van der Waals surface area contributed by atoms with Gasteiger partial charge in [-0.1, -0.05) is 35.6 Å². The minimum absolute atomic E-state index is 0.353. The monoisotopic (exact) mass is 444 g/mol. The molecule has 0 saturated carbocycles. The fourth-order valence-corrected chi connectivity index (χ4v) is 4.95. The quantitative estimate of drug-likeness (QED) is 0.257. The van der Waals surface area contributed by atoms with Crippen LogP contribution in [0.2, 0.25) is 0 Å². The number of aromatic hydroxyl groups is 1. The van der Waals surface area contributed by atoms with Crippen LogP contribution in [-0.2, 0) is 6.54 Å². The van der Waals surface area contributed by atoms with Crippen molar-refractivity contribution in [3.63, 3.8) is 0 Å². The van der Waals surface area contributed by atoms with Crippen molar-refractivity contribution >= 4 is 55.1 Å². The zero-order valence-corrected chi connectivity index (χ0v) is 18.4. The highest BCUT2D eigenvalue weighted by atomic mass is 32.2. The Morgan fingerprint density at radius 2 is 1.90 bits per heavy atom. The molecule has 31 heavy (non-hydrogen) atoms. The maximum atomic E-state index is 10.1. The highest BCUT2D eigenvalue weighted by molar-refractivity contribution is 8.00. The zero-order chi connectivity index (χ0) is 21.2. The predicted molar refractivity (Wildman–Crippen MR) is 131 cm³/mol. The summed E-state index contributed by atoms with van der Waals surface area (Å²) in [4.78, 5) is 10.1. The van der Waals surface area contributed by atoms with E-state index < -0.39 is 0 Å². The van der Waals surface area contributed by atoms with E-state index in [1.807, 2.05) is 49.5 Å². The average molecular weight is 445 g/mol. The van der Waals surface area contributed by atoms with Crippen LogP contribution in [0.5, 0.6) is 5.75 Å². The summed E-state index contributed by atoms with van der Waals surface area (Å²) in [6.07, 6.45) is 3.67. The van der Waals surface area contributed by atoms with Gasteiger partial charge in [-0.2, -0.15) is 0 Å². The van der Waals surface area contributed by atoms with Gasteiger partial charge in [0.05, 0.1) is 10.2 Å². The molecule has 0 fully saturated rings. The summed E-state index contributed by atoms with van der Waals surface area (Å²) in [5.41, 5.74) is 3.79. The lowest BCUT2D eigenvalue weighted by Gasteiger charge is -2.10. The molecule has 3 aromatic carbocycles. The summed E-state index contributed by atoms with van der Waals surface area (Å²) >= 11 is 3.18. The highest BCUT2D eigenvalue weighted by Gasteiger charge is 2.08. The molecule has 2 heterocycles. The van der Waals surface area contributed by atoms with Gasteiger partial charge in [0, 0.05) is 45.9 Å². The molecule has 0 spiro atoms. The lowest BCUT2D eigenvalue weighted by molar-refractivity contribution is 0.465. The van der Waals surface area contributed by atoms with Crippen LogP contribution in [0.4, 0.5) is 10.8 Å². The third-order valence-electron chi connectivity index (χ3n) is 5.09. The van der Waals surface area contributed by atoms with Gasteiger partial charge in [-0.25, -0.2) is 4.98 Å². The molecule has 154 valence electrons. The van der Waals surface area contributed by atoms with Gasteiger partial charge in [-0.15, -0.1) is 0 Å². The fraction of sp³-hybridized carbons (Fsp3) is 0.0833. The van der Waals surface area contributed by atoms with E-state index in [2.05, 4.69) is 39.3 Å². The molecule has 0 aliphatic heterocycles. The number of nitrogens with zero attached hydrogens (tertiary/aromatic N) is 2. The van der Waals surface area contributed by atoms with Crippen molar-refractivity contribution in [2.24, 2.45) is 0 Å². The Labute approximate surface area is 188 Å². The first kappa shape index (κ1) is 19.7.